The minimum absolute atomic E-state index is 0. The maximum absolute atomic E-state index is 4.76. The number of aromatic nitrogens is 2. The zero-order valence-electron chi connectivity index (χ0n) is 19.3. The van der Waals surface area contributed by atoms with Gasteiger partial charge in [0.05, 0.1) is 5.69 Å². The van der Waals surface area contributed by atoms with E-state index >= 15 is 0 Å². The highest BCUT2D eigenvalue weighted by molar-refractivity contribution is 14.0. The van der Waals surface area contributed by atoms with Crippen molar-refractivity contribution in [2.24, 2.45) is 4.99 Å². The third-order valence-electron chi connectivity index (χ3n) is 6.33. The molecule has 1 aliphatic heterocycles. The van der Waals surface area contributed by atoms with Crippen LogP contribution in [0.1, 0.15) is 42.6 Å². The number of nitrogens with one attached hydrogen (secondary N) is 2. The number of likely N-dealkylation sites (tertiary alicyclic amines) is 1. The van der Waals surface area contributed by atoms with Crippen molar-refractivity contribution >= 4 is 35.6 Å². The SMILES string of the molecule is CN=C(NCCc1cn2cccc(C)c2n1)NC1CCN(C(C)c2ccccc2)CC1.I. The molecule has 1 fully saturated rings. The Labute approximate surface area is 208 Å². The zero-order chi connectivity index (χ0) is 21.6. The van der Waals surface area contributed by atoms with Gasteiger partial charge in [0.2, 0.25) is 0 Å². The molecule has 7 heteroatoms. The Morgan fingerprint density at radius 3 is 2.59 bits per heavy atom. The standard InChI is InChI=1S/C25H34N6.HI/c1-19-8-7-15-31-18-23(28-24(19)31)11-14-27-25(26-3)29-22-12-16-30(17-13-22)20(2)21-9-5-4-6-10-21;/h4-10,15,18,20,22H,11-14,16-17H2,1-3H3,(H2,26,27,29);1H. The number of hydrogen-bond acceptors (Lipinski definition) is 3. The molecule has 1 atom stereocenters. The third-order valence-corrected chi connectivity index (χ3v) is 6.33. The van der Waals surface area contributed by atoms with Gasteiger partial charge >= 0.3 is 0 Å². The van der Waals surface area contributed by atoms with Crippen LogP contribution in [0.5, 0.6) is 0 Å². The first-order valence-corrected chi connectivity index (χ1v) is 11.3. The van der Waals surface area contributed by atoms with Crippen LogP contribution < -0.4 is 10.6 Å². The second-order valence-electron chi connectivity index (χ2n) is 8.44. The lowest BCUT2D eigenvalue weighted by atomic mass is 10.0. The number of piperidine rings is 1. The van der Waals surface area contributed by atoms with Gasteiger partial charge in [-0.05, 0) is 43.9 Å². The van der Waals surface area contributed by atoms with Gasteiger partial charge in [-0.15, -0.1) is 24.0 Å². The number of guanidine groups is 1. The van der Waals surface area contributed by atoms with Gasteiger partial charge in [-0.3, -0.25) is 9.89 Å². The van der Waals surface area contributed by atoms with E-state index in [4.69, 9.17) is 4.98 Å². The predicted octanol–water partition coefficient (Wildman–Crippen LogP) is 4.19. The molecule has 0 aliphatic carbocycles. The van der Waals surface area contributed by atoms with Crippen LogP contribution in [-0.2, 0) is 6.42 Å². The highest BCUT2D eigenvalue weighted by atomic mass is 127. The van der Waals surface area contributed by atoms with Gasteiger partial charge in [0.25, 0.3) is 0 Å². The molecule has 2 aromatic heterocycles. The Kier molecular flexibility index (Phi) is 8.92. The van der Waals surface area contributed by atoms with Crippen molar-refractivity contribution in [2.75, 3.05) is 26.7 Å². The highest BCUT2D eigenvalue weighted by Crippen LogP contribution is 2.24. The second-order valence-corrected chi connectivity index (χ2v) is 8.44. The lowest BCUT2D eigenvalue weighted by molar-refractivity contribution is 0.158. The zero-order valence-corrected chi connectivity index (χ0v) is 21.6. The molecular weight excluding hydrogens is 511 g/mol. The summed E-state index contributed by atoms with van der Waals surface area (Å²) < 4.78 is 2.10. The molecule has 1 unspecified atom stereocenters. The molecule has 32 heavy (non-hydrogen) atoms. The number of nitrogens with zero attached hydrogens (tertiary/aromatic N) is 4. The average Bonchev–Trinajstić information content (AvgIpc) is 3.23. The summed E-state index contributed by atoms with van der Waals surface area (Å²) in [6, 6.07) is 15.9. The summed E-state index contributed by atoms with van der Waals surface area (Å²) in [5.41, 5.74) is 4.73. The molecule has 0 spiro atoms. The van der Waals surface area contributed by atoms with Crippen molar-refractivity contribution in [3.05, 3.63) is 71.7 Å². The summed E-state index contributed by atoms with van der Waals surface area (Å²) in [5.74, 6) is 0.884. The summed E-state index contributed by atoms with van der Waals surface area (Å²) in [6.07, 6.45) is 7.30. The number of pyridine rings is 1. The van der Waals surface area contributed by atoms with Gasteiger partial charge in [0.15, 0.2) is 5.96 Å². The average molecular weight is 547 g/mol. The number of halogens is 1. The molecule has 1 aliphatic rings. The van der Waals surface area contributed by atoms with Gasteiger partial charge in [-0.25, -0.2) is 4.98 Å². The Hall–Kier alpha value is -2.13. The second kappa shape index (κ2) is 11.7. The van der Waals surface area contributed by atoms with E-state index in [0.29, 0.717) is 12.1 Å². The number of rotatable bonds is 6. The van der Waals surface area contributed by atoms with E-state index in [0.717, 1.165) is 56.2 Å². The number of benzene rings is 1. The highest BCUT2D eigenvalue weighted by Gasteiger charge is 2.24. The minimum atomic E-state index is 0. The van der Waals surface area contributed by atoms with E-state index in [1.54, 1.807) is 0 Å². The quantitative estimate of drug-likeness (QED) is 0.277. The van der Waals surface area contributed by atoms with E-state index in [9.17, 15) is 0 Å². The van der Waals surface area contributed by atoms with Gasteiger partial charge < -0.3 is 15.0 Å². The molecule has 4 rings (SSSR count). The van der Waals surface area contributed by atoms with E-state index in [1.807, 2.05) is 7.05 Å². The Balaban J connectivity index is 0.00000289. The molecule has 0 saturated carbocycles. The summed E-state index contributed by atoms with van der Waals surface area (Å²) in [4.78, 5) is 11.8. The number of hydrogen-bond donors (Lipinski definition) is 2. The molecule has 0 radical (unpaired) electrons. The van der Waals surface area contributed by atoms with Crippen molar-refractivity contribution in [1.29, 1.82) is 0 Å². The molecule has 172 valence electrons. The third kappa shape index (κ3) is 6.01. The van der Waals surface area contributed by atoms with E-state index in [1.165, 1.54) is 11.1 Å². The lowest BCUT2D eigenvalue weighted by Crippen LogP contribution is -2.49. The predicted molar refractivity (Wildman–Crippen MR) is 143 cm³/mol. The molecule has 3 aromatic rings. The van der Waals surface area contributed by atoms with E-state index in [-0.39, 0.29) is 24.0 Å². The Bertz CT molecular complexity index is 1010. The normalized spacial score (nSPS) is 16.5. The number of aryl methyl sites for hydroxylation is 1. The smallest absolute Gasteiger partial charge is 0.191 e. The summed E-state index contributed by atoms with van der Waals surface area (Å²) in [5, 5.41) is 7.07. The molecule has 2 N–H and O–H groups in total. The largest absolute Gasteiger partial charge is 0.356 e. The van der Waals surface area contributed by atoms with Crippen LogP contribution in [-0.4, -0.2) is 53.0 Å². The fourth-order valence-corrected chi connectivity index (χ4v) is 4.40. The maximum Gasteiger partial charge on any atom is 0.191 e. The molecule has 3 heterocycles. The fraction of sp³-hybridized carbons (Fsp3) is 0.440. The van der Waals surface area contributed by atoms with Crippen LogP contribution in [0.15, 0.2) is 59.9 Å². The van der Waals surface area contributed by atoms with Crippen LogP contribution in [0, 0.1) is 6.92 Å². The first kappa shape index (κ1) is 24.5. The van der Waals surface area contributed by atoms with Crippen molar-refractivity contribution in [1.82, 2.24) is 24.9 Å². The molecule has 0 bridgehead atoms. The molecule has 1 aromatic carbocycles. The lowest BCUT2D eigenvalue weighted by Gasteiger charge is -2.37. The first-order chi connectivity index (χ1) is 15.1. The van der Waals surface area contributed by atoms with Crippen LogP contribution >= 0.6 is 24.0 Å². The minimum Gasteiger partial charge on any atom is -0.356 e. The van der Waals surface area contributed by atoms with Crippen molar-refractivity contribution in [2.45, 2.75) is 45.2 Å². The molecule has 6 nitrogen and oxygen atoms in total. The van der Waals surface area contributed by atoms with Crippen LogP contribution in [0.25, 0.3) is 5.65 Å². The number of fused-ring (bicyclic) bond motifs is 1. The topological polar surface area (TPSA) is 57.0 Å². The maximum atomic E-state index is 4.76. The van der Waals surface area contributed by atoms with Crippen molar-refractivity contribution in [3.8, 4) is 0 Å². The van der Waals surface area contributed by atoms with Gasteiger partial charge in [-0.2, -0.15) is 0 Å². The summed E-state index contributed by atoms with van der Waals surface area (Å²) >= 11 is 0. The van der Waals surface area contributed by atoms with Crippen LogP contribution in [0.2, 0.25) is 0 Å². The van der Waals surface area contributed by atoms with Gasteiger partial charge in [-0.1, -0.05) is 36.4 Å². The molecule has 0 amide bonds. The van der Waals surface area contributed by atoms with Gasteiger partial charge in [0, 0.05) is 57.6 Å². The summed E-state index contributed by atoms with van der Waals surface area (Å²) in [7, 11) is 1.84. The van der Waals surface area contributed by atoms with Crippen molar-refractivity contribution in [3.63, 3.8) is 0 Å². The number of imidazole rings is 1. The fourth-order valence-electron chi connectivity index (χ4n) is 4.40. The van der Waals surface area contributed by atoms with Crippen LogP contribution in [0.4, 0.5) is 0 Å². The van der Waals surface area contributed by atoms with Crippen molar-refractivity contribution < 1.29 is 0 Å². The molecule has 1 saturated heterocycles. The number of aliphatic imine (C=N–C) groups is 1. The Morgan fingerprint density at radius 2 is 1.91 bits per heavy atom. The van der Waals surface area contributed by atoms with Crippen LogP contribution in [0.3, 0.4) is 0 Å². The Morgan fingerprint density at radius 1 is 1.16 bits per heavy atom. The van der Waals surface area contributed by atoms with E-state index < -0.39 is 0 Å². The van der Waals surface area contributed by atoms with E-state index in [2.05, 4.69) is 93.6 Å². The summed E-state index contributed by atoms with van der Waals surface area (Å²) in [6.45, 7) is 7.43. The molecular formula is C25H35IN6. The monoisotopic (exact) mass is 546 g/mol. The van der Waals surface area contributed by atoms with Gasteiger partial charge in [0.1, 0.15) is 5.65 Å². The first-order valence-electron chi connectivity index (χ1n) is 11.3.